The maximum Gasteiger partial charge on any atom is 0.223 e. The summed E-state index contributed by atoms with van der Waals surface area (Å²) in [6.07, 6.45) is 5.01. The fraction of sp³-hybridized carbons (Fsp3) is 0.300. The standard InChI is InChI=1S/C10H13ClN2O/c11-6-2-1-3-8-4-5-9(13-8)7-10(12)14/h1,3-5,13H,2,6-7H2,(H2,12,14). The van der Waals surface area contributed by atoms with Crippen molar-refractivity contribution in [2.75, 3.05) is 5.88 Å². The van der Waals surface area contributed by atoms with Gasteiger partial charge in [-0.15, -0.1) is 11.6 Å². The van der Waals surface area contributed by atoms with Gasteiger partial charge < -0.3 is 10.7 Å². The summed E-state index contributed by atoms with van der Waals surface area (Å²) < 4.78 is 0. The Balaban J connectivity index is 2.54. The zero-order valence-corrected chi connectivity index (χ0v) is 8.55. The molecule has 0 atom stereocenters. The van der Waals surface area contributed by atoms with Crippen molar-refractivity contribution in [3.05, 3.63) is 29.6 Å². The molecule has 0 bridgehead atoms. The van der Waals surface area contributed by atoms with Gasteiger partial charge in [0.2, 0.25) is 5.91 Å². The van der Waals surface area contributed by atoms with Crippen LogP contribution in [0.4, 0.5) is 0 Å². The maximum atomic E-state index is 10.6. The molecule has 1 amide bonds. The highest BCUT2D eigenvalue weighted by Crippen LogP contribution is 2.05. The lowest BCUT2D eigenvalue weighted by molar-refractivity contribution is -0.117. The van der Waals surface area contributed by atoms with Crippen LogP contribution in [0.15, 0.2) is 18.2 Å². The topological polar surface area (TPSA) is 58.9 Å². The summed E-state index contributed by atoms with van der Waals surface area (Å²) in [4.78, 5) is 13.7. The molecule has 1 rings (SSSR count). The number of rotatable bonds is 5. The van der Waals surface area contributed by atoms with Crippen molar-refractivity contribution in [3.63, 3.8) is 0 Å². The first-order valence-electron chi connectivity index (χ1n) is 4.41. The Bertz CT molecular complexity index is 331. The van der Waals surface area contributed by atoms with E-state index in [9.17, 15) is 4.79 Å². The molecule has 0 radical (unpaired) electrons. The molecule has 0 spiro atoms. The second-order valence-corrected chi connectivity index (χ2v) is 3.34. The van der Waals surface area contributed by atoms with Gasteiger partial charge in [-0.2, -0.15) is 0 Å². The number of nitrogens with two attached hydrogens (primary N) is 1. The molecule has 1 aromatic heterocycles. The van der Waals surface area contributed by atoms with E-state index in [-0.39, 0.29) is 12.3 Å². The molecule has 0 fully saturated rings. The summed E-state index contributed by atoms with van der Waals surface area (Å²) in [6.45, 7) is 0. The average molecular weight is 213 g/mol. The van der Waals surface area contributed by atoms with Gasteiger partial charge in [-0.05, 0) is 24.6 Å². The number of aromatic nitrogens is 1. The highest BCUT2D eigenvalue weighted by molar-refractivity contribution is 6.17. The molecule has 14 heavy (non-hydrogen) atoms. The fourth-order valence-electron chi connectivity index (χ4n) is 1.12. The molecule has 0 aliphatic heterocycles. The number of H-pyrrole nitrogens is 1. The van der Waals surface area contributed by atoms with E-state index in [1.54, 1.807) is 0 Å². The molecule has 0 aliphatic rings. The normalized spacial score (nSPS) is 10.9. The number of hydrogen-bond donors (Lipinski definition) is 2. The molecular weight excluding hydrogens is 200 g/mol. The Morgan fingerprint density at radius 3 is 3.00 bits per heavy atom. The van der Waals surface area contributed by atoms with Crippen LogP contribution in [-0.4, -0.2) is 16.8 Å². The first kappa shape index (κ1) is 10.9. The highest BCUT2D eigenvalue weighted by Gasteiger charge is 1.99. The predicted octanol–water partition coefficient (Wildman–Crippen LogP) is 1.68. The molecule has 1 heterocycles. The largest absolute Gasteiger partial charge is 0.369 e. The number of aromatic amines is 1. The third kappa shape index (κ3) is 3.66. The Morgan fingerprint density at radius 1 is 1.57 bits per heavy atom. The summed E-state index contributed by atoms with van der Waals surface area (Å²) in [5.41, 5.74) is 6.86. The van der Waals surface area contributed by atoms with Gasteiger partial charge >= 0.3 is 0 Å². The highest BCUT2D eigenvalue weighted by atomic mass is 35.5. The van der Waals surface area contributed by atoms with Crippen molar-refractivity contribution in [1.29, 1.82) is 0 Å². The Labute approximate surface area is 87.9 Å². The van der Waals surface area contributed by atoms with Gasteiger partial charge in [0, 0.05) is 17.3 Å². The van der Waals surface area contributed by atoms with Crippen LogP contribution in [0.2, 0.25) is 0 Å². The second kappa shape index (κ2) is 5.50. The van der Waals surface area contributed by atoms with Crippen molar-refractivity contribution < 1.29 is 4.79 Å². The second-order valence-electron chi connectivity index (χ2n) is 2.96. The van der Waals surface area contributed by atoms with Crippen LogP contribution in [0.1, 0.15) is 17.8 Å². The van der Waals surface area contributed by atoms with E-state index < -0.39 is 0 Å². The average Bonchev–Trinajstić information content (AvgIpc) is 2.52. The van der Waals surface area contributed by atoms with Gasteiger partial charge in [-0.3, -0.25) is 4.79 Å². The van der Waals surface area contributed by atoms with Crippen LogP contribution in [0.3, 0.4) is 0 Å². The summed E-state index contributed by atoms with van der Waals surface area (Å²) in [7, 11) is 0. The van der Waals surface area contributed by atoms with E-state index in [1.807, 2.05) is 24.3 Å². The van der Waals surface area contributed by atoms with Gasteiger partial charge in [0.05, 0.1) is 6.42 Å². The van der Waals surface area contributed by atoms with Gasteiger partial charge in [-0.25, -0.2) is 0 Å². The zero-order valence-electron chi connectivity index (χ0n) is 7.79. The number of carbonyl (C=O) groups is 1. The minimum Gasteiger partial charge on any atom is -0.369 e. The number of amides is 1. The molecule has 3 nitrogen and oxygen atoms in total. The smallest absolute Gasteiger partial charge is 0.223 e. The van der Waals surface area contributed by atoms with Crippen molar-refractivity contribution in [2.45, 2.75) is 12.8 Å². The molecule has 0 aliphatic carbocycles. The number of halogens is 1. The molecule has 0 saturated carbocycles. The summed E-state index contributed by atoms with van der Waals surface area (Å²) in [5.74, 6) is 0.286. The molecule has 0 aromatic carbocycles. The van der Waals surface area contributed by atoms with Crippen molar-refractivity contribution in [2.24, 2.45) is 5.73 Å². The Kier molecular flexibility index (Phi) is 4.26. The van der Waals surface area contributed by atoms with Gasteiger partial charge in [-0.1, -0.05) is 6.08 Å². The predicted molar refractivity (Wildman–Crippen MR) is 58.1 cm³/mol. The molecular formula is C10H13ClN2O. The lowest BCUT2D eigenvalue weighted by Gasteiger charge is -1.91. The first-order chi connectivity index (χ1) is 6.72. The number of hydrogen-bond acceptors (Lipinski definition) is 1. The van der Waals surface area contributed by atoms with Crippen LogP contribution < -0.4 is 5.73 Å². The number of carbonyl (C=O) groups excluding carboxylic acids is 1. The Morgan fingerprint density at radius 2 is 2.36 bits per heavy atom. The lowest BCUT2D eigenvalue weighted by Crippen LogP contribution is -2.13. The molecule has 1 aromatic rings. The third-order valence-electron chi connectivity index (χ3n) is 1.71. The fourth-order valence-corrected chi connectivity index (χ4v) is 1.25. The van der Waals surface area contributed by atoms with E-state index >= 15 is 0 Å². The molecule has 76 valence electrons. The van der Waals surface area contributed by atoms with Crippen LogP contribution in [-0.2, 0) is 11.2 Å². The number of allylic oxidation sites excluding steroid dienone is 1. The third-order valence-corrected chi connectivity index (χ3v) is 1.93. The minimum atomic E-state index is -0.330. The quantitative estimate of drug-likeness (QED) is 0.717. The summed E-state index contributed by atoms with van der Waals surface area (Å²) in [5, 5.41) is 0. The van der Waals surface area contributed by atoms with Crippen LogP contribution in [0, 0.1) is 0 Å². The zero-order chi connectivity index (χ0) is 10.4. The van der Waals surface area contributed by atoms with E-state index in [4.69, 9.17) is 17.3 Å². The lowest BCUT2D eigenvalue weighted by atomic mass is 10.3. The van der Waals surface area contributed by atoms with Crippen molar-refractivity contribution >= 4 is 23.6 Å². The number of alkyl halides is 1. The van der Waals surface area contributed by atoms with Crippen LogP contribution in [0.25, 0.3) is 6.08 Å². The SMILES string of the molecule is NC(=O)Cc1ccc(C=CCCCl)[nH]1. The molecule has 0 unspecified atom stereocenters. The minimum absolute atomic E-state index is 0.253. The summed E-state index contributed by atoms with van der Waals surface area (Å²) >= 11 is 5.52. The van der Waals surface area contributed by atoms with E-state index in [0.717, 1.165) is 17.8 Å². The monoisotopic (exact) mass is 212 g/mol. The Hall–Kier alpha value is -1.22. The van der Waals surface area contributed by atoms with Gasteiger partial charge in [0.25, 0.3) is 0 Å². The van der Waals surface area contributed by atoms with Crippen molar-refractivity contribution in [1.82, 2.24) is 4.98 Å². The number of nitrogens with one attached hydrogen (secondary N) is 1. The maximum absolute atomic E-state index is 10.6. The van der Waals surface area contributed by atoms with E-state index in [1.165, 1.54) is 0 Å². The number of primary amides is 1. The molecule has 0 saturated heterocycles. The van der Waals surface area contributed by atoms with Gasteiger partial charge in [0.1, 0.15) is 0 Å². The first-order valence-corrected chi connectivity index (χ1v) is 4.94. The van der Waals surface area contributed by atoms with Crippen molar-refractivity contribution in [3.8, 4) is 0 Å². The molecule has 4 heteroatoms. The molecule has 3 N–H and O–H groups in total. The van der Waals surface area contributed by atoms with E-state index in [2.05, 4.69) is 4.98 Å². The van der Waals surface area contributed by atoms with Gasteiger partial charge in [0.15, 0.2) is 0 Å². The van der Waals surface area contributed by atoms with Crippen LogP contribution >= 0.6 is 11.6 Å². The van der Waals surface area contributed by atoms with E-state index in [0.29, 0.717) is 5.88 Å². The summed E-state index contributed by atoms with van der Waals surface area (Å²) in [6, 6.07) is 3.76. The van der Waals surface area contributed by atoms with Crippen LogP contribution in [0.5, 0.6) is 0 Å².